The maximum Gasteiger partial charge on any atom is 0.236 e. The molecule has 1 amide bonds. The Morgan fingerprint density at radius 3 is 2.42 bits per heavy atom. The summed E-state index contributed by atoms with van der Waals surface area (Å²) in [5.41, 5.74) is 1.14. The van der Waals surface area contributed by atoms with Crippen LogP contribution in [0.15, 0.2) is 24.5 Å². The number of nitrogens with zero attached hydrogens (tertiary/aromatic N) is 1. The summed E-state index contributed by atoms with van der Waals surface area (Å²) in [4.78, 5) is 15.9. The van der Waals surface area contributed by atoms with E-state index in [-0.39, 0.29) is 18.0 Å². The Hall–Kier alpha value is -1.42. The number of hydrogen-bond acceptors (Lipinski definition) is 3. The van der Waals surface area contributed by atoms with E-state index < -0.39 is 0 Å². The molecular formula is C15H25N3O. The minimum Gasteiger partial charge on any atom is -0.355 e. The molecular weight excluding hydrogens is 238 g/mol. The Balaban J connectivity index is 2.37. The molecule has 1 heterocycles. The molecule has 2 atom stereocenters. The molecule has 0 fully saturated rings. The number of hydrogen-bond donors (Lipinski definition) is 2. The van der Waals surface area contributed by atoms with Crippen molar-refractivity contribution < 1.29 is 4.79 Å². The van der Waals surface area contributed by atoms with Crippen LogP contribution in [-0.2, 0) is 4.79 Å². The highest BCUT2D eigenvalue weighted by molar-refractivity contribution is 5.81. The van der Waals surface area contributed by atoms with E-state index in [1.165, 1.54) is 0 Å². The van der Waals surface area contributed by atoms with E-state index in [2.05, 4.69) is 29.5 Å². The zero-order valence-corrected chi connectivity index (χ0v) is 12.3. The Morgan fingerprint density at radius 1 is 1.21 bits per heavy atom. The highest BCUT2D eigenvalue weighted by Gasteiger charge is 2.15. The van der Waals surface area contributed by atoms with Gasteiger partial charge in [-0.3, -0.25) is 15.1 Å². The molecule has 1 unspecified atom stereocenters. The number of amides is 1. The largest absolute Gasteiger partial charge is 0.355 e. The summed E-state index contributed by atoms with van der Waals surface area (Å²) in [6.45, 7) is 8.99. The van der Waals surface area contributed by atoms with Gasteiger partial charge in [0.25, 0.3) is 0 Å². The summed E-state index contributed by atoms with van der Waals surface area (Å²) in [6.07, 6.45) is 4.54. The van der Waals surface area contributed by atoms with E-state index >= 15 is 0 Å². The maximum absolute atomic E-state index is 11.9. The highest BCUT2D eigenvalue weighted by Crippen LogP contribution is 2.10. The first kappa shape index (κ1) is 15.6. The Kier molecular flexibility index (Phi) is 6.50. The van der Waals surface area contributed by atoms with Gasteiger partial charge in [-0.05, 0) is 43.9 Å². The van der Waals surface area contributed by atoms with E-state index in [1.807, 2.05) is 26.0 Å². The molecule has 1 aromatic heterocycles. The number of carbonyl (C=O) groups is 1. The van der Waals surface area contributed by atoms with Crippen LogP contribution in [0.25, 0.3) is 0 Å². The summed E-state index contributed by atoms with van der Waals surface area (Å²) in [5.74, 6) is 0.667. The minimum atomic E-state index is -0.199. The molecule has 0 aliphatic rings. The number of pyridine rings is 1. The fourth-order valence-electron chi connectivity index (χ4n) is 1.84. The lowest BCUT2D eigenvalue weighted by Gasteiger charge is -2.20. The third kappa shape index (κ3) is 5.83. The smallest absolute Gasteiger partial charge is 0.236 e. The van der Waals surface area contributed by atoms with E-state index in [0.717, 1.165) is 18.5 Å². The van der Waals surface area contributed by atoms with Crippen molar-refractivity contribution in [2.24, 2.45) is 5.92 Å². The number of nitrogens with one attached hydrogen (secondary N) is 2. The monoisotopic (exact) mass is 263 g/mol. The summed E-state index contributed by atoms with van der Waals surface area (Å²) < 4.78 is 0. The predicted octanol–water partition coefficient (Wildman–Crippen LogP) is 2.28. The summed E-state index contributed by atoms with van der Waals surface area (Å²) in [5, 5.41) is 6.25. The van der Waals surface area contributed by atoms with Gasteiger partial charge in [0.2, 0.25) is 5.91 Å². The van der Waals surface area contributed by atoms with Crippen LogP contribution in [0.3, 0.4) is 0 Å². The molecule has 1 aromatic rings. The van der Waals surface area contributed by atoms with Gasteiger partial charge < -0.3 is 5.32 Å². The fraction of sp³-hybridized carbons (Fsp3) is 0.600. The molecule has 1 rings (SSSR count). The second kappa shape index (κ2) is 7.89. The molecule has 0 saturated heterocycles. The SMILES string of the molecule is CC(C)CCNC(=O)C(C)N[C@H](C)c1ccncc1. The van der Waals surface area contributed by atoms with Gasteiger partial charge in [0.05, 0.1) is 6.04 Å². The van der Waals surface area contributed by atoms with Crippen LogP contribution >= 0.6 is 0 Å². The van der Waals surface area contributed by atoms with Crippen molar-refractivity contribution in [3.05, 3.63) is 30.1 Å². The van der Waals surface area contributed by atoms with Gasteiger partial charge in [-0.15, -0.1) is 0 Å². The van der Waals surface area contributed by atoms with Crippen molar-refractivity contribution >= 4 is 5.91 Å². The first-order valence-corrected chi connectivity index (χ1v) is 6.94. The average molecular weight is 263 g/mol. The van der Waals surface area contributed by atoms with Crippen LogP contribution in [0.1, 0.15) is 45.7 Å². The second-order valence-electron chi connectivity index (χ2n) is 5.36. The van der Waals surface area contributed by atoms with Crippen LogP contribution in [0.4, 0.5) is 0 Å². The molecule has 0 aliphatic carbocycles. The summed E-state index contributed by atoms with van der Waals surface area (Å²) in [6, 6.07) is 3.85. The van der Waals surface area contributed by atoms with Gasteiger partial charge in [-0.1, -0.05) is 13.8 Å². The van der Waals surface area contributed by atoms with Gasteiger partial charge >= 0.3 is 0 Å². The van der Waals surface area contributed by atoms with Gasteiger partial charge in [0.15, 0.2) is 0 Å². The molecule has 2 N–H and O–H groups in total. The quantitative estimate of drug-likeness (QED) is 0.793. The van der Waals surface area contributed by atoms with E-state index in [9.17, 15) is 4.79 Å². The maximum atomic E-state index is 11.9. The Bertz CT molecular complexity index is 378. The molecule has 4 nitrogen and oxygen atoms in total. The zero-order chi connectivity index (χ0) is 14.3. The van der Waals surface area contributed by atoms with E-state index in [0.29, 0.717) is 5.92 Å². The third-order valence-corrected chi connectivity index (χ3v) is 3.12. The van der Waals surface area contributed by atoms with Crippen molar-refractivity contribution in [2.75, 3.05) is 6.54 Å². The number of carbonyl (C=O) groups excluding carboxylic acids is 1. The standard InChI is InChI=1S/C15H25N3O/c1-11(2)5-10-17-15(19)13(4)18-12(3)14-6-8-16-9-7-14/h6-9,11-13,18H,5,10H2,1-4H3,(H,17,19)/t12-,13?/m1/s1. The lowest BCUT2D eigenvalue weighted by Crippen LogP contribution is -2.43. The minimum absolute atomic E-state index is 0.0570. The van der Waals surface area contributed by atoms with Gasteiger partial charge in [0, 0.05) is 25.0 Å². The molecule has 4 heteroatoms. The van der Waals surface area contributed by atoms with Crippen LogP contribution in [0.2, 0.25) is 0 Å². The van der Waals surface area contributed by atoms with Crippen molar-refractivity contribution in [2.45, 2.75) is 46.2 Å². The van der Waals surface area contributed by atoms with Gasteiger partial charge in [-0.25, -0.2) is 0 Å². The van der Waals surface area contributed by atoms with Crippen molar-refractivity contribution in [3.8, 4) is 0 Å². The first-order chi connectivity index (χ1) is 9.00. The fourth-order valence-corrected chi connectivity index (χ4v) is 1.84. The second-order valence-corrected chi connectivity index (χ2v) is 5.36. The van der Waals surface area contributed by atoms with Gasteiger partial charge in [-0.2, -0.15) is 0 Å². The first-order valence-electron chi connectivity index (χ1n) is 6.94. The molecule has 0 saturated carbocycles. The molecule has 0 aromatic carbocycles. The van der Waals surface area contributed by atoms with E-state index in [1.54, 1.807) is 12.4 Å². The number of aromatic nitrogens is 1. The lowest BCUT2D eigenvalue weighted by atomic mass is 10.1. The van der Waals surface area contributed by atoms with Crippen LogP contribution < -0.4 is 10.6 Å². The topological polar surface area (TPSA) is 54.0 Å². The predicted molar refractivity (Wildman–Crippen MR) is 77.7 cm³/mol. The van der Waals surface area contributed by atoms with Crippen molar-refractivity contribution in [1.29, 1.82) is 0 Å². The van der Waals surface area contributed by atoms with Crippen molar-refractivity contribution in [1.82, 2.24) is 15.6 Å². The molecule has 0 radical (unpaired) electrons. The molecule has 0 bridgehead atoms. The summed E-state index contributed by atoms with van der Waals surface area (Å²) in [7, 11) is 0. The lowest BCUT2D eigenvalue weighted by molar-refractivity contribution is -0.122. The highest BCUT2D eigenvalue weighted by atomic mass is 16.2. The average Bonchev–Trinajstić information content (AvgIpc) is 2.39. The summed E-state index contributed by atoms with van der Waals surface area (Å²) >= 11 is 0. The molecule has 0 aliphatic heterocycles. The van der Waals surface area contributed by atoms with Crippen LogP contribution in [-0.4, -0.2) is 23.5 Å². The van der Waals surface area contributed by atoms with Crippen LogP contribution in [0, 0.1) is 5.92 Å². The zero-order valence-electron chi connectivity index (χ0n) is 12.3. The molecule has 106 valence electrons. The van der Waals surface area contributed by atoms with E-state index in [4.69, 9.17) is 0 Å². The normalized spacial score (nSPS) is 14.2. The molecule has 19 heavy (non-hydrogen) atoms. The third-order valence-electron chi connectivity index (χ3n) is 3.12. The molecule has 0 spiro atoms. The Morgan fingerprint density at radius 2 is 1.84 bits per heavy atom. The van der Waals surface area contributed by atoms with Gasteiger partial charge in [0.1, 0.15) is 0 Å². The Labute approximate surface area is 116 Å². The van der Waals surface area contributed by atoms with Crippen LogP contribution in [0.5, 0.6) is 0 Å². The van der Waals surface area contributed by atoms with Crippen molar-refractivity contribution in [3.63, 3.8) is 0 Å². The number of rotatable bonds is 7.